The number of amides is 2. The van der Waals surface area contributed by atoms with Crippen LogP contribution in [0.1, 0.15) is 18.2 Å². The van der Waals surface area contributed by atoms with Gasteiger partial charge in [0.05, 0.1) is 12.2 Å². The minimum Gasteiger partial charge on any atom is -0.326 e. The van der Waals surface area contributed by atoms with E-state index in [1.807, 2.05) is 54.6 Å². The highest BCUT2D eigenvalue weighted by Gasteiger charge is 2.14. The third kappa shape index (κ3) is 6.12. The van der Waals surface area contributed by atoms with Gasteiger partial charge in [-0.1, -0.05) is 34.1 Å². The molecule has 0 aliphatic carbocycles. The molecule has 0 saturated heterocycles. The second-order valence-corrected chi connectivity index (χ2v) is 7.27. The lowest BCUT2D eigenvalue weighted by Crippen LogP contribution is -2.29. The summed E-state index contributed by atoms with van der Waals surface area (Å²) in [6.07, 6.45) is 5.01. The van der Waals surface area contributed by atoms with Crippen LogP contribution in [0.25, 0.3) is 6.08 Å². The van der Waals surface area contributed by atoms with Crippen LogP contribution in [0.15, 0.2) is 83.5 Å². The first kappa shape index (κ1) is 20.5. The molecule has 0 spiro atoms. The highest BCUT2D eigenvalue weighted by atomic mass is 79.9. The normalized spacial score (nSPS) is 10.7. The lowest BCUT2D eigenvalue weighted by Gasteiger charge is -2.21. The number of benzene rings is 2. The van der Waals surface area contributed by atoms with E-state index >= 15 is 0 Å². The molecule has 1 N–H and O–H groups in total. The van der Waals surface area contributed by atoms with Crippen molar-refractivity contribution in [3.63, 3.8) is 0 Å². The monoisotopic (exact) mass is 449 g/mol. The fourth-order valence-corrected chi connectivity index (χ4v) is 2.97. The van der Waals surface area contributed by atoms with E-state index in [1.54, 1.807) is 35.4 Å². The first-order chi connectivity index (χ1) is 14.0. The molecule has 0 bridgehead atoms. The topological polar surface area (TPSA) is 62.3 Å². The van der Waals surface area contributed by atoms with Gasteiger partial charge in [-0.15, -0.1) is 0 Å². The summed E-state index contributed by atoms with van der Waals surface area (Å²) in [6, 6.07) is 20.5. The number of anilines is 2. The van der Waals surface area contributed by atoms with Crippen molar-refractivity contribution >= 4 is 45.2 Å². The van der Waals surface area contributed by atoms with E-state index in [9.17, 15) is 9.59 Å². The molecule has 0 atom stereocenters. The molecular formula is C23H20BrN3O2. The van der Waals surface area contributed by atoms with Crippen molar-refractivity contribution in [1.82, 2.24) is 4.98 Å². The summed E-state index contributed by atoms with van der Waals surface area (Å²) in [5.41, 5.74) is 3.17. The van der Waals surface area contributed by atoms with Crippen molar-refractivity contribution in [1.29, 1.82) is 0 Å². The molecule has 1 heterocycles. The standard InChI is InChI=1S/C23H20BrN3O2/c1-17(28)26-20-10-5-18(6-11-20)7-14-23(29)27(16-21-4-2-3-15-25-21)22-12-8-19(24)9-13-22/h2-15H,16H2,1H3,(H,26,28)/b14-7+. The predicted octanol–water partition coefficient (Wildman–Crippen LogP) is 5.05. The number of rotatable bonds is 6. The van der Waals surface area contributed by atoms with Crippen molar-refractivity contribution in [2.75, 3.05) is 10.2 Å². The first-order valence-corrected chi connectivity index (χ1v) is 9.83. The molecule has 6 heteroatoms. The van der Waals surface area contributed by atoms with Crippen LogP contribution in [0.5, 0.6) is 0 Å². The van der Waals surface area contributed by atoms with Crippen LogP contribution in [0, 0.1) is 0 Å². The first-order valence-electron chi connectivity index (χ1n) is 9.04. The maximum atomic E-state index is 13.0. The molecule has 2 amide bonds. The molecule has 0 radical (unpaired) electrons. The van der Waals surface area contributed by atoms with Gasteiger partial charge in [0.25, 0.3) is 5.91 Å². The van der Waals surface area contributed by atoms with Crippen LogP contribution in [0.3, 0.4) is 0 Å². The molecule has 0 saturated carbocycles. The van der Waals surface area contributed by atoms with Crippen molar-refractivity contribution in [2.24, 2.45) is 0 Å². The number of carbonyl (C=O) groups excluding carboxylic acids is 2. The van der Waals surface area contributed by atoms with Crippen LogP contribution in [0.4, 0.5) is 11.4 Å². The SMILES string of the molecule is CC(=O)Nc1ccc(/C=C/C(=O)N(Cc2ccccn2)c2ccc(Br)cc2)cc1. The Bertz CT molecular complexity index is 1000. The number of halogens is 1. The summed E-state index contributed by atoms with van der Waals surface area (Å²) >= 11 is 3.42. The van der Waals surface area contributed by atoms with E-state index in [0.29, 0.717) is 12.2 Å². The van der Waals surface area contributed by atoms with Crippen molar-refractivity contribution in [3.8, 4) is 0 Å². The van der Waals surface area contributed by atoms with E-state index in [1.165, 1.54) is 6.92 Å². The third-order valence-corrected chi connectivity index (χ3v) is 4.63. The Morgan fingerprint density at radius 3 is 2.38 bits per heavy atom. The van der Waals surface area contributed by atoms with E-state index in [2.05, 4.69) is 26.2 Å². The average molecular weight is 450 g/mol. The van der Waals surface area contributed by atoms with Gasteiger partial charge < -0.3 is 10.2 Å². The van der Waals surface area contributed by atoms with Crippen molar-refractivity contribution in [3.05, 3.63) is 94.7 Å². The number of nitrogens with zero attached hydrogens (tertiary/aromatic N) is 2. The van der Waals surface area contributed by atoms with Gasteiger partial charge >= 0.3 is 0 Å². The van der Waals surface area contributed by atoms with Gasteiger partial charge in [0.2, 0.25) is 5.91 Å². The molecule has 0 unspecified atom stereocenters. The van der Waals surface area contributed by atoms with Crippen molar-refractivity contribution < 1.29 is 9.59 Å². The van der Waals surface area contributed by atoms with E-state index in [4.69, 9.17) is 0 Å². The van der Waals surface area contributed by atoms with E-state index < -0.39 is 0 Å². The Morgan fingerprint density at radius 2 is 1.76 bits per heavy atom. The zero-order valence-corrected chi connectivity index (χ0v) is 17.5. The van der Waals surface area contributed by atoms with Crippen LogP contribution in [-0.2, 0) is 16.1 Å². The fourth-order valence-electron chi connectivity index (χ4n) is 2.71. The predicted molar refractivity (Wildman–Crippen MR) is 119 cm³/mol. The average Bonchev–Trinajstić information content (AvgIpc) is 2.72. The number of nitrogens with one attached hydrogen (secondary N) is 1. The van der Waals surface area contributed by atoms with E-state index in [-0.39, 0.29) is 11.8 Å². The third-order valence-electron chi connectivity index (χ3n) is 4.10. The number of pyridine rings is 1. The maximum Gasteiger partial charge on any atom is 0.251 e. The van der Waals surface area contributed by atoms with Crippen LogP contribution in [0.2, 0.25) is 0 Å². The maximum absolute atomic E-state index is 13.0. The molecule has 3 aromatic rings. The molecular weight excluding hydrogens is 430 g/mol. The number of hydrogen-bond donors (Lipinski definition) is 1. The van der Waals surface area contributed by atoms with Crippen LogP contribution < -0.4 is 10.2 Å². The van der Waals surface area contributed by atoms with Crippen LogP contribution >= 0.6 is 15.9 Å². The van der Waals surface area contributed by atoms with Gasteiger partial charge in [-0.25, -0.2) is 0 Å². The zero-order valence-electron chi connectivity index (χ0n) is 15.9. The Morgan fingerprint density at radius 1 is 1.03 bits per heavy atom. The lowest BCUT2D eigenvalue weighted by atomic mass is 10.2. The summed E-state index contributed by atoms with van der Waals surface area (Å²) in [4.78, 5) is 30.1. The Kier molecular flexibility index (Phi) is 6.92. The molecule has 0 aliphatic rings. The number of aromatic nitrogens is 1. The molecule has 146 valence electrons. The minimum atomic E-state index is -0.149. The van der Waals surface area contributed by atoms with Gasteiger partial charge in [0.1, 0.15) is 0 Å². The van der Waals surface area contributed by atoms with Gasteiger partial charge in [-0.3, -0.25) is 14.6 Å². The van der Waals surface area contributed by atoms with E-state index in [0.717, 1.165) is 21.4 Å². The largest absolute Gasteiger partial charge is 0.326 e. The molecule has 5 nitrogen and oxygen atoms in total. The summed E-state index contributed by atoms with van der Waals surface area (Å²) in [6.45, 7) is 1.83. The summed E-state index contributed by atoms with van der Waals surface area (Å²) in [5.74, 6) is -0.271. The summed E-state index contributed by atoms with van der Waals surface area (Å²) in [7, 11) is 0. The zero-order chi connectivity index (χ0) is 20.6. The second kappa shape index (κ2) is 9.80. The molecule has 29 heavy (non-hydrogen) atoms. The van der Waals surface area contributed by atoms with Gasteiger partial charge in [-0.2, -0.15) is 0 Å². The lowest BCUT2D eigenvalue weighted by molar-refractivity contribution is -0.115. The van der Waals surface area contributed by atoms with Gasteiger partial charge in [-0.05, 0) is 60.2 Å². The Balaban J connectivity index is 1.79. The quantitative estimate of drug-likeness (QED) is 0.535. The van der Waals surface area contributed by atoms with Gasteiger partial charge in [0.15, 0.2) is 0 Å². The van der Waals surface area contributed by atoms with Crippen molar-refractivity contribution in [2.45, 2.75) is 13.5 Å². The smallest absolute Gasteiger partial charge is 0.251 e. The summed E-state index contributed by atoms with van der Waals surface area (Å²) in [5, 5.41) is 2.72. The van der Waals surface area contributed by atoms with Crippen LogP contribution in [-0.4, -0.2) is 16.8 Å². The highest BCUT2D eigenvalue weighted by molar-refractivity contribution is 9.10. The van der Waals surface area contributed by atoms with Gasteiger partial charge in [0, 0.05) is 35.0 Å². The highest BCUT2D eigenvalue weighted by Crippen LogP contribution is 2.21. The fraction of sp³-hybridized carbons (Fsp3) is 0.0870. The Labute approximate surface area is 178 Å². The second-order valence-electron chi connectivity index (χ2n) is 6.36. The summed E-state index contributed by atoms with van der Waals surface area (Å²) < 4.78 is 0.946. The molecule has 3 rings (SSSR count). The molecule has 2 aromatic carbocycles. The number of carbonyl (C=O) groups is 2. The minimum absolute atomic E-state index is 0.122. The molecule has 1 aromatic heterocycles. The molecule has 0 fully saturated rings. The Hall–Kier alpha value is -3.25. The number of hydrogen-bond acceptors (Lipinski definition) is 3. The molecule has 0 aliphatic heterocycles.